The van der Waals surface area contributed by atoms with E-state index < -0.39 is 15.7 Å². The maximum absolute atomic E-state index is 13.4. The molecule has 8 nitrogen and oxygen atoms in total. The largest absolute Gasteiger partial charge is 0.379 e. The summed E-state index contributed by atoms with van der Waals surface area (Å²) in [6, 6.07) is 14.4. The molecule has 0 aliphatic heterocycles. The maximum Gasteiger partial charge on any atom is 0.271 e. The van der Waals surface area contributed by atoms with E-state index in [9.17, 15) is 17.6 Å². The molecule has 1 heterocycles. The molecule has 3 aromatic rings. The molecule has 3 rings (SSSR count). The average Bonchev–Trinajstić information content (AvgIpc) is 2.65. The number of hydrogen-bond donors (Lipinski definition) is 3. The van der Waals surface area contributed by atoms with Crippen LogP contribution in [0.25, 0.3) is 0 Å². The van der Waals surface area contributed by atoms with E-state index >= 15 is 0 Å². The van der Waals surface area contributed by atoms with Crippen LogP contribution in [0.2, 0.25) is 0 Å². The van der Waals surface area contributed by atoms with Gasteiger partial charge in [-0.2, -0.15) is 0 Å². The first-order valence-corrected chi connectivity index (χ1v) is 11.0. The lowest BCUT2D eigenvalue weighted by Crippen LogP contribution is -2.18. The first-order valence-electron chi connectivity index (χ1n) is 8.89. The highest BCUT2D eigenvalue weighted by Gasteiger charge is 2.13. The van der Waals surface area contributed by atoms with E-state index in [1.807, 2.05) is 0 Å². The van der Waals surface area contributed by atoms with Crippen LogP contribution in [0.3, 0.4) is 0 Å². The molecule has 1 aromatic heterocycles. The van der Waals surface area contributed by atoms with E-state index in [2.05, 4.69) is 20.8 Å². The summed E-state index contributed by atoms with van der Waals surface area (Å²) in [6.07, 6.45) is 1.16. The van der Waals surface area contributed by atoms with Crippen LogP contribution < -0.4 is 16.4 Å². The molecule has 0 saturated carbocycles. The predicted molar refractivity (Wildman–Crippen MR) is 113 cm³/mol. The lowest BCUT2D eigenvalue weighted by atomic mass is 10.2. The van der Waals surface area contributed by atoms with Crippen LogP contribution in [0.1, 0.15) is 21.6 Å². The van der Waals surface area contributed by atoms with Crippen molar-refractivity contribution < 1.29 is 17.6 Å². The molecular formula is C20H20FN5O3S. The molecule has 0 radical (unpaired) electrons. The summed E-state index contributed by atoms with van der Waals surface area (Å²) >= 11 is 0. The van der Waals surface area contributed by atoms with Gasteiger partial charge in [-0.05, 0) is 35.4 Å². The fourth-order valence-electron chi connectivity index (χ4n) is 2.80. The summed E-state index contributed by atoms with van der Waals surface area (Å²) in [5.41, 5.74) is 7.54. The van der Waals surface area contributed by atoms with Crippen molar-refractivity contribution in [2.45, 2.75) is 12.3 Å². The van der Waals surface area contributed by atoms with Crippen molar-refractivity contribution in [1.29, 1.82) is 0 Å². The number of halogens is 1. The fraction of sp³-hybridized carbons (Fsp3) is 0.150. The number of rotatable bonds is 8. The number of sulfone groups is 1. The minimum atomic E-state index is -3.17. The number of nitrogens with zero attached hydrogens (tertiary/aromatic N) is 2. The average molecular weight is 429 g/mol. The third-order valence-corrected chi connectivity index (χ3v) is 4.89. The molecule has 0 unspecified atom stereocenters. The molecule has 0 saturated heterocycles. The van der Waals surface area contributed by atoms with Crippen LogP contribution in [-0.4, -0.2) is 30.8 Å². The van der Waals surface area contributed by atoms with Crippen LogP contribution >= 0.6 is 0 Å². The monoisotopic (exact) mass is 429 g/mol. The van der Waals surface area contributed by atoms with Gasteiger partial charge in [-0.25, -0.2) is 12.8 Å². The van der Waals surface area contributed by atoms with E-state index in [4.69, 9.17) is 5.73 Å². The van der Waals surface area contributed by atoms with Crippen molar-refractivity contribution in [1.82, 2.24) is 10.2 Å². The van der Waals surface area contributed by atoms with Gasteiger partial charge in [0.1, 0.15) is 5.82 Å². The Bertz CT molecular complexity index is 1180. The summed E-state index contributed by atoms with van der Waals surface area (Å²) in [5.74, 6) is -0.896. The van der Waals surface area contributed by atoms with Gasteiger partial charge in [0.2, 0.25) is 0 Å². The third kappa shape index (κ3) is 5.98. The third-order valence-electron chi connectivity index (χ3n) is 4.03. The molecule has 4 N–H and O–H groups in total. The molecular weight excluding hydrogens is 409 g/mol. The molecule has 30 heavy (non-hydrogen) atoms. The zero-order chi connectivity index (χ0) is 21.7. The summed E-state index contributed by atoms with van der Waals surface area (Å²) < 4.78 is 36.4. The SMILES string of the molecule is CS(=O)(=O)Cc1cccc(Nc2cc(NCc3cccc(F)c3)c(C(N)=O)nn2)c1. The molecule has 0 spiro atoms. The van der Waals surface area contributed by atoms with Gasteiger partial charge >= 0.3 is 0 Å². The van der Waals surface area contributed by atoms with Crippen LogP contribution in [-0.2, 0) is 22.1 Å². The Kier molecular flexibility index (Phi) is 6.26. The molecule has 0 atom stereocenters. The number of anilines is 3. The Morgan fingerprint density at radius 1 is 1.07 bits per heavy atom. The topological polar surface area (TPSA) is 127 Å². The second-order valence-corrected chi connectivity index (χ2v) is 8.88. The Morgan fingerprint density at radius 2 is 1.80 bits per heavy atom. The van der Waals surface area contributed by atoms with Crippen molar-refractivity contribution in [3.8, 4) is 0 Å². The van der Waals surface area contributed by atoms with Gasteiger partial charge in [-0.3, -0.25) is 4.79 Å². The van der Waals surface area contributed by atoms with Crippen molar-refractivity contribution in [3.63, 3.8) is 0 Å². The predicted octanol–water partition coefficient (Wildman–Crippen LogP) is 2.61. The first-order chi connectivity index (χ1) is 14.2. The van der Waals surface area contributed by atoms with Crippen molar-refractivity contribution >= 4 is 32.9 Å². The van der Waals surface area contributed by atoms with Gasteiger partial charge in [0.15, 0.2) is 21.3 Å². The normalized spacial score (nSPS) is 11.1. The van der Waals surface area contributed by atoms with Crippen LogP contribution in [0.15, 0.2) is 54.6 Å². The number of aromatic nitrogens is 2. The Morgan fingerprint density at radius 3 is 2.50 bits per heavy atom. The number of nitrogens with two attached hydrogens (primary N) is 1. The fourth-order valence-corrected chi connectivity index (χ4v) is 3.59. The lowest BCUT2D eigenvalue weighted by Gasteiger charge is -2.12. The number of nitrogens with one attached hydrogen (secondary N) is 2. The lowest BCUT2D eigenvalue weighted by molar-refractivity contribution is 0.0995. The number of primary amides is 1. The standard InChI is InChI=1S/C20H20FN5O3S/c1-30(28,29)12-14-5-3-7-16(9-14)24-18-10-17(19(20(22)27)26-25-18)23-11-13-4-2-6-15(21)8-13/h2-10H,11-12H2,1H3,(H2,22,27)(H2,23,24,25). The first kappa shape index (κ1) is 21.2. The maximum atomic E-state index is 13.4. The summed E-state index contributed by atoms with van der Waals surface area (Å²) in [6.45, 7) is 0.243. The van der Waals surface area contributed by atoms with Gasteiger partial charge in [0.25, 0.3) is 5.91 Å². The van der Waals surface area contributed by atoms with E-state index in [1.54, 1.807) is 42.5 Å². The zero-order valence-electron chi connectivity index (χ0n) is 16.1. The molecule has 2 aromatic carbocycles. The molecule has 10 heteroatoms. The highest BCUT2D eigenvalue weighted by Crippen LogP contribution is 2.22. The van der Waals surface area contributed by atoms with Crippen molar-refractivity contribution in [2.24, 2.45) is 5.73 Å². The van der Waals surface area contributed by atoms with Crippen LogP contribution in [0.4, 0.5) is 21.6 Å². The molecule has 0 aliphatic carbocycles. The highest BCUT2D eigenvalue weighted by atomic mass is 32.2. The molecule has 0 bridgehead atoms. The molecule has 156 valence electrons. The second kappa shape index (κ2) is 8.87. The van der Waals surface area contributed by atoms with E-state index in [-0.39, 0.29) is 23.8 Å². The van der Waals surface area contributed by atoms with Gasteiger partial charge in [0.05, 0.1) is 11.4 Å². The second-order valence-electron chi connectivity index (χ2n) is 6.74. The number of carbonyl (C=O) groups excluding carboxylic acids is 1. The minimum absolute atomic E-state index is 0.0530. The zero-order valence-corrected chi connectivity index (χ0v) is 16.9. The van der Waals surface area contributed by atoms with Crippen molar-refractivity contribution in [3.05, 3.63) is 77.2 Å². The minimum Gasteiger partial charge on any atom is -0.379 e. The number of amides is 1. The highest BCUT2D eigenvalue weighted by molar-refractivity contribution is 7.89. The number of carbonyl (C=O) groups is 1. The van der Waals surface area contributed by atoms with Crippen molar-refractivity contribution in [2.75, 3.05) is 16.9 Å². The Hall–Kier alpha value is -3.53. The van der Waals surface area contributed by atoms with Crippen LogP contribution in [0, 0.1) is 5.82 Å². The summed E-state index contributed by atoms with van der Waals surface area (Å²) in [7, 11) is -3.17. The molecule has 0 fully saturated rings. The molecule has 0 aliphatic rings. The number of benzene rings is 2. The Labute approximate surface area is 173 Å². The van der Waals surface area contributed by atoms with Gasteiger partial charge in [-0.15, -0.1) is 10.2 Å². The molecule has 1 amide bonds. The van der Waals surface area contributed by atoms with E-state index in [1.165, 1.54) is 12.1 Å². The summed E-state index contributed by atoms with van der Waals surface area (Å²) in [5, 5.41) is 13.9. The number of hydrogen-bond acceptors (Lipinski definition) is 7. The van der Waals surface area contributed by atoms with Gasteiger partial charge in [0, 0.05) is 24.6 Å². The van der Waals surface area contributed by atoms with E-state index in [0.29, 0.717) is 28.3 Å². The van der Waals surface area contributed by atoms with Gasteiger partial charge in [-0.1, -0.05) is 24.3 Å². The van der Waals surface area contributed by atoms with Gasteiger partial charge < -0.3 is 16.4 Å². The van der Waals surface area contributed by atoms with E-state index in [0.717, 1.165) is 6.26 Å². The quantitative estimate of drug-likeness (QED) is 0.502. The Balaban J connectivity index is 1.82. The van der Waals surface area contributed by atoms with Crippen LogP contribution in [0.5, 0.6) is 0 Å². The summed E-state index contributed by atoms with van der Waals surface area (Å²) in [4.78, 5) is 11.7. The smallest absolute Gasteiger partial charge is 0.271 e.